The van der Waals surface area contributed by atoms with E-state index in [0.29, 0.717) is 12.0 Å². The number of thiocarbonyl (C=S) groups is 1. The van der Waals surface area contributed by atoms with Crippen LogP contribution in [-0.2, 0) is 20.7 Å². The number of rotatable bonds is 7. The van der Waals surface area contributed by atoms with Crippen molar-refractivity contribution in [2.24, 2.45) is 0 Å². The monoisotopic (exact) mass is 413 g/mol. The van der Waals surface area contributed by atoms with E-state index in [0.717, 1.165) is 11.1 Å². The summed E-state index contributed by atoms with van der Waals surface area (Å²) in [5.41, 5.74) is 7.41. The molecule has 29 heavy (non-hydrogen) atoms. The summed E-state index contributed by atoms with van der Waals surface area (Å²) in [5, 5.41) is 2.33. The van der Waals surface area contributed by atoms with Crippen molar-refractivity contribution in [3.05, 3.63) is 71.3 Å². The number of benzene rings is 2. The van der Waals surface area contributed by atoms with E-state index in [1.807, 2.05) is 49.4 Å². The van der Waals surface area contributed by atoms with Crippen LogP contribution in [-0.4, -0.2) is 29.5 Å². The van der Waals surface area contributed by atoms with Crippen LogP contribution in [0.5, 0.6) is 0 Å². The first-order chi connectivity index (χ1) is 13.9. The van der Waals surface area contributed by atoms with Crippen molar-refractivity contribution in [1.82, 2.24) is 16.2 Å². The van der Waals surface area contributed by atoms with Gasteiger partial charge >= 0.3 is 5.97 Å². The normalized spacial score (nSPS) is 9.97. The minimum Gasteiger partial charge on any atom is -0.465 e. The van der Waals surface area contributed by atoms with Gasteiger partial charge in [0, 0.05) is 18.4 Å². The topological polar surface area (TPSA) is 96.5 Å². The predicted molar refractivity (Wildman–Crippen MR) is 113 cm³/mol. The van der Waals surface area contributed by atoms with Crippen molar-refractivity contribution >= 4 is 35.1 Å². The van der Waals surface area contributed by atoms with Crippen molar-refractivity contribution in [2.75, 3.05) is 6.61 Å². The Labute approximate surface area is 174 Å². The zero-order chi connectivity index (χ0) is 21.1. The molecule has 0 atom stereocenters. The van der Waals surface area contributed by atoms with Gasteiger partial charge < -0.3 is 10.1 Å². The molecule has 0 saturated heterocycles. The highest BCUT2D eigenvalue weighted by Gasteiger charge is 2.11. The second-order valence-corrected chi connectivity index (χ2v) is 6.69. The highest BCUT2D eigenvalue weighted by molar-refractivity contribution is 7.80. The van der Waals surface area contributed by atoms with Gasteiger partial charge in [0.25, 0.3) is 5.91 Å². The maximum atomic E-state index is 12.0. The molecular formula is C21H23N3O4S. The quantitative estimate of drug-likeness (QED) is 0.366. The summed E-state index contributed by atoms with van der Waals surface area (Å²) in [6, 6.07) is 16.6. The second-order valence-electron chi connectivity index (χ2n) is 6.28. The van der Waals surface area contributed by atoms with Crippen LogP contribution in [0.2, 0.25) is 0 Å². The van der Waals surface area contributed by atoms with Crippen LogP contribution in [0.1, 0.15) is 34.3 Å². The van der Waals surface area contributed by atoms with Gasteiger partial charge in [0.1, 0.15) is 0 Å². The zero-order valence-corrected chi connectivity index (χ0v) is 16.9. The predicted octanol–water partition coefficient (Wildman–Crippen LogP) is 2.20. The zero-order valence-electron chi connectivity index (χ0n) is 16.1. The van der Waals surface area contributed by atoms with Crippen molar-refractivity contribution in [1.29, 1.82) is 0 Å². The molecule has 0 aliphatic heterocycles. The van der Waals surface area contributed by atoms with Gasteiger partial charge in [-0.1, -0.05) is 48.0 Å². The van der Waals surface area contributed by atoms with Gasteiger partial charge in [-0.25, -0.2) is 0 Å². The molecular weight excluding hydrogens is 390 g/mol. The van der Waals surface area contributed by atoms with E-state index < -0.39 is 11.9 Å². The van der Waals surface area contributed by atoms with Crippen LogP contribution >= 0.6 is 12.2 Å². The molecule has 2 aromatic rings. The van der Waals surface area contributed by atoms with Crippen molar-refractivity contribution in [3.8, 4) is 0 Å². The summed E-state index contributed by atoms with van der Waals surface area (Å²) in [6.45, 7) is 2.18. The van der Waals surface area contributed by atoms with Crippen molar-refractivity contribution < 1.29 is 19.1 Å². The molecule has 7 nitrogen and oxygen atoms in total. The third-order valence-corrected chi connectivity index (χ3v) is 4.11. The molecule has 152 valence electrons. The summed E-state index contributed by atoms with van der Waals surface area (Å²) >= 11 is 4.95. The molecule has 3 N–H and O–H groups in total. The number of carbonyl (C=O) groups is 3. The van der Waals surface area contributed by atoms with E-state index >= 15 is 0 Å². The smallest absolute Gasteiger partial charge is 0.306 e. The molecule has 2 amide bonds. The average Bonchev–Trinajstić information content (AvgIpc) is 2.72. The lowest BCUT2D eigenvalue weighted by Crippen LogP contribution is -2.48. The van der Waals surface area contributed by atoms with Crippen LogP contribution < -0.4 is 16.2 Å². The fourth-order valence-electron chi connectivity index (χ4n) is 2.33. The number of hydrogen-bond acceptors (Lipinski definition) is 5. The third-order valence-electron chi connectivity index (χ3n) is 3.91. The second kappa shape index (κ2) is 11.6. The number of aryl methyl sites for hydroxylation is 1. The fraction of sp³-hybridized carbons (Fsp3) is 0.238. The Morgan fingerprint density at radius 1 is 0.931 bits per heavy atom. The molecule has 0 aliphatic rings. The van der Waals surface area contributed by atoms with Gasteiger partial charge in [-0.3, -0.25) is 25.2 Å². The van der Waals surface area contributed by atoms with E-state index in [4.69, 9.17) is 17.0 Å². The summed E-state index contributed by atoms with van der Waals surface area (Å²) in [5.74, 6) is -1.29. The van der Waals surface area contributed by atoms with Gasteiger partial charge in [0.15, 0.2) is 5.11 Å². The lowest BCUT2D eigenvalue weighted by atomic mass is 10.1. The number of hydrazine groups is 1. The standard InChI is InChI=1S/C21H23N3O4S/c1-15-7-9-17(10-8-15)20(27)23-24-21(29)22-18(25)11-12-19(26)28-14-13-16-5-3-2-4-6-16/h2-10H,11-14H2,1H3,(H,23,27)(H2,22,24,25,29). The number of carbonyl (C=O) groups excluding carboxylic acids is 3. The van der Waals surface area contributed by atoms with Crippen LogP contribution in [0.25, 0.3) is 0 Å². The van der Waals surface area contributed by atoms with Crippen molar-refractivity contribution in [2.45, 2.75) is 26.2 Å². The molecule has 0 spiro atoms. The van der Waals surface area contributed by atoms with E-state index in [2.05, 4.69) is 16.2 Å². The summed E-state index contributed by atoms with van der Waals surface area (Å²) < 4.78 is 5.11. The summed E-state index contributed by atoms with van der Waals surface area (Å²) in [4.78, 5) is 35.5. The molecule has 0 unspecified atom stereocenters. The molecule has 0 fully saturated rings. The first kappa shape index (κ1) is 22.0. The van der Waals surface area contributed by atoms with E-state index in [1.165, 1.54) is 0 Å². The van der Waals surface area contributed by atoms with Gasteiger partial charge in [-0.2, -0.15) is 0 Å². The van der Waals surface area contributed by atoms with Crippen LogP contribution in [0.3, 0.4) is 0 Å². The Morgan fingerprint density at radius 3 is 2.31 bits per heavy atom. The summed E-state index contributed by atoms with van der Waals surface area (Å²) in [7, 11) is 0. The molecule has 0 heterocycles. The maximum Gasteiger partial charge on any atom is 0.306 e. The Kier molecular flexibility index (Phi) is 8.78. The Morgan fingerprint density at radius 2 is 1.62 bits per heavy atom. The largest absolute Gasteiger partial charge is 0.465 e. The number of nitrogens with one attached hydrogen (secondary N) is 3. The maximum absolute atomic E-state index is 12.0. The van der Waals surface area contributed by atoms with E-state index in [-0.39, 0.29) is 30.5 Å². The molecule has 0 aliphatic carbocycles. The first-order valence-electron chi connectivity index (χ1n) is 9.10. The molecule has 8 heteroatoms. The number of ether oxygens (including phenoxy) is 1. The molecule has 0 saturated carbocycles. The highest BCUT2D eigenvalue weighted by atomic mass is 32.1. The third kappa shape index (κ3) is 8.52. The minimum absolute atomic E-state index is 0.0566. The number of hydrogen-bond donors (Lipinski definition) is 3. The van der Waals surface area contributed by atoms with E-state index in [9.17, 15) is 14.4 Å². The summed E-state index contributed by atoms with van der Waals surface area (Å²) in [6.07, 6.45) is 0.490. The molecule has 0 aromatic heterocycles. The van der Waals surface area contributed by atoms with Gasteiger partial charge in [0.05, 0.1) is 13.0 Å². The Hall–Kier alpha value is -3.26. The number of amides is 2. The lowest BCUT2D eigenvalue weighted by Gasteiger charge is -2.11. The lowest BCUT2D eigenvalue weighted by molar-refractivity contribution is -0.144. The van der Waals surface area contributed by atoms with Crippen LogP contribution in [0, 0.1) is 6.92 Å². The molecule has 0 bridgehead atoms. The number of esters is 1. The Balaban J connectivity index is 1.60. The Bertz CT molecular complexity index is 854. The SMILES string of the molecule is Cc1ccc(C(=O)NNC(=S)NC(=O)CCC(=O)OCCc2ccccc2)cc1. The van der Waals surface area contributed by atoms with Crippen LogP contribution in [0.4, 0.5) is 0 Å². The van der Waals surface area contributed by atoms with Crippen LogP contribution in [0.15, 0.2) is 54.6 Å². The van der Waals surface area contributed by atoms with Gasteiger partial charge in [0.2, 0.25) is 5.91 Å². The van der Waals surface area contributed by atoms with Gasteiger partial charge in [-0.05, 0) is 36.8 Å². The molecule has 2 aromatic carbocycles. The average molecular weight is 413 g/mol. The van der Waals surface area contributed by atoms with Gasteiger partial charge in [-0.15, -0.1) is 0 Å². The van der Waals surface area contributed by atoms with Crippen molar-refractivity contribution in [3.63, 3.8) is 0 Å². The highest BCUT2D eigenvalue weighted by Crippen LogP contribution is 2.02. The van der Waals surface area contributed by atoms with E-state index in [1.54, 1.807) is 12.1 Å². The first-order valence-corrected chi connectivity index (χ1v) is 9.51. The minimum atomic E-state index is -0.456. The molecule has 0 radical (unpaired) electrons. The fourth-order valence-corrected chi connectivity index (χ4v) is 2.49. The molecule has 2 rings (SSSR count).